The van der Waals surface area contributed by atoms with Crippen molar-refractivity contribution in [3.8, 4) is 17.1 Å². The SMILES string of the molecule is CC(C)[C@@](C)(O)[C@@H]1CN(c2nc(-c3[nH]nc4ncccc34)c(F)cc2O)CCN1.[HH].[HH].[HH]. The van der Waals surface area contributed by atoms with E-state index in [4.69, 9.17) is 0 Å². The first-order valence-electron chi connectivity index (χ1n) is 9.68. The molecule has 0 bridgehead atoms. The van der Waals surface area contributed by atoms with Crippen molar-refractivity contribution in [2.75, 3.05) is 24.5 Å². The molecule has 0 aromatic carbocycles. The van der Waals surface area contributed by atoms with Gasteiger partial charge in [-0.25, -0.2) is 14.4 Å². The summed E-state index contributed by atoms with van der Waals surface area (Å²) in [5, 5.41) is 32.2. The smallest absolute Gasteiger partial charge is 0.181 e. The summed E-state index contributed by atoms with van der Waals surface area (Å²) in [6.07, 6.45) is 1.61. The highest BCUT2D eigenvalue weighted by molar-refractivity contribution is 5.90. The number of aliphatic hydroxyl groups is 1. The van der Waals surface area contributed by atoms with E-state index in [1.807, 2.05) is 18.7 Å². The van der Waals surface area contributed by atoms with Gasteiger partial charge in [-0.05, 0) is 25.0 Å². The van der Waals surface area contributed by atoms with Gasteiger partial charge < -0.3 is 20.4 Å². The molecule has 1 aliphatic rings. The largest absolute Gasteiger partial charge is 0.504 e. The molecule has 3 aromatic rings. The number of rotatable bonds is 4. The quantitative estimate of drug-likeness (QED) is 0.527. The van der Waals surface area contributed by atoms with Gasteiger partial charge in [0.1, 0.15) is 5.69 Å². The molecule has 4 heterocycles. The zero-order valence-electron chi connectivity index (χ0n) is 16.6. The lowest BCUT2D eigenvalue weighted by atomic mass is 9.84. The van der Waals surface area contributed by atoms with Gasteiger partial charge in [0, 0.05) is 41.6 Å². The van der Waals surface area contributed by atoms with Gasteiger partial charge in [-0.1, -0.05) is 13.8 Å². The second-order valence-electron chi connectivity index (χ2n) is 7.97. The second kappa shape index (κ2) is 7.23. The Bertz CT molecular complexity index is 1050. The molecule has 8 nitrogen and oxygen atoms in total. The molecule has 0 saturated carbocycles. The fourth-order valence-corrected chi connectivity index (χ4v) is 3.64. The van der Waals surface area contributed by atoms with Crippen LogP contribution in [-0.2, 0) is 0 Å². The Morgan fingerprint density at radius 2 is 2.21 bits per heavy atom. The van der Waals surface area contributed by atoms with Crippen molar-refractivity contribution in [2.45, 2.75) is 32.4 Å². The van der Waals surface area contributed by atoms with Crippen molar-refractivity contribution in [3.63, 3.8) is 0 Å². The van der Waals surface area contributed by atoms with Crippen molar-refractivity contribution in [3.05, 3.63) is 30.2 Å². The molecule has 0 aliphatic carbocycles. The maximum absolute atomic E-state index is 14.7. The fraction of sp³-hybridized carbons (Fsp3) is 0.450. The molecule has 2 atom stereocenters. The monoisotopic (exact) mass is 406 g/mol. The highest BCUT2D eigenvalue weighted by atomic mass is 19.1. The lowest BCUT2D eigenvalue weighted by Gasteiger charge is -2.43. The summed E-state index contributed by atoms with van der Waals surface area (Å²) < 4.78 is 14.7. The van der Waals surface area contributed by atoms with Crippen LogP contribution in [0.25, 0.3) is 22.4 Å². The van der Waals surface area contributed by atoms with E-state index < -0.39 is 11.4 Å². The Morgan fingerprint density at radius 3 is 2.97 bits per heavy atom. The van der Waals surface area contributed by atoms with Crippen LogP contribution in [0.4, 0.5) is 10.2 Å². The first-order chi connectivity index (χ1) is 13.8. The number of hydrogen-bond donors (Lipinski definition) is 4. The maximum Gasteiger partial charge on any atom is 0.181 e. The van der Waals surface area contributed by atoms with Crippen molar-refractivity contribution < 1.29 is 18.9 Å². The van der Waals surface area contributed by atoms with Crippen LogP contribution < -0.4 is 10.2 Å². The molecule has 29 heavy (non-hydrogen) atoms. The van der Waals surface area contributed by atoms with E-state index >= 15 is 0 Å². The third-order valence-corrected chi connectivity index (χ3v) is 5.85. The second-order valence-corrected chi connectivity index (χ2v) is 7.97. The molecule has 4 rings (SSSR count). The topological polar surface area (TPSA) is 110 Å². The molecule has 1 saturated heterocycles. The maximum atomic E-state index is 14.7. The van der Waals surface area contributed by atoms with Gasteiger partial charge in [0.15, 0.2) is 23.0 Å². The number of anilines is 1. The summed E-state index contributed by atoms with van der Waals surface area (Å²) in [7, 11) is 0. The highest BCUT2D eigenvalue weighted by Gasteiger charge is 2.38. The Hall–Kier alpha value is -2.78. The van der Waals surface area contributed by atoms with Crippen LogP contribution in [-0.4, -0.2) is 61.7 Å². The lowest BCUT2D eigenvalue weighted by molar-refractivity contribution is -0.0231. The molecule has 160 valence electrons. The number of hydrogen-bond acceptors (Lipinski definition) is 7. The first kappa shape index (κ1) is 19.5. The fourth-order valence-electron chi connectivity index (χ4n) is 3.64. The molecule has 4 N–H and O–H groups in total. The molecular formula is C20H31FN6O2. The number of aromatic hydroxyl groups is 1. The van der Waals surface area contributed by atoms with E-state index in [0.717, 1.165) is 6.07 Å². The third-order valence-electron chi connectivity index (χ3n) is 5.85. The molecule has 0 amide bonds. The van der Waals surface area contributed by atoms with Crippen molar-refractivity contribution in [2.24, 2.45) is 5.92 Å². The summed E-state index contributed by atoms with van der Waals surface area (Å²) >= 11 is 0. The van der Waals surface area contributed by atoms with Crippen molar-refractivity contribution in [1.82, 2.24) is 25.5 Å². The number of nitrogens with one attached hydrogen (secondary N) is 2. The van der Waals surface area contributed by atoms with Crippen LogP contribution in [0.2, 0.25) is 0 Å². The average molecular weight is 407 g/mol. The predicted molar refractivity (Wildman–Crippen MR) is 115 cm³/mol. The number of nitrogens with zero attached hydrogens (tertiary/aromatic N) is 4. The Morgan fingerprint density at radius 1 is 1.41 bits per heavy atom. The lowest BCUT2D eigenvalue weighted by Crippen LogP contribution is -2.62. The number of H-pyrrole nitrogens is 1. The molecule has 0 unspecified atom stereocenters. The molecular weight excluding hydrogens is 375 g/mol. The van der Waals surface area contributed by atoms with Crippen LogP contribution in [0.1, 0.15) is 25.1 Å². The number of fused-ring (bicyclic) bond motifs is 1. The van der Waals surface area contributed by atoms with E-state index in [0.29, 0.717) is 36.4 Å². The van der Waals surface area contributed by atoms with Crippen molar-refractivity contribution in [1.29, 1.82) is 0 Å². The van der Waals surface area contributed by atoms with Gasteiger partial charge >= 0.3 is 0 Å². The van der Waals surface area contributed by atoms with Crippen molar-refractivity contribution >= 4 is 16.9 Å². The van der Waals surface area contributed by atoms with E-state index in [9.17, 15) is 14.6 Å². The predicted octanol–water partition coefficient (Wildman–Crippen LogP) is 2.79. The first-order valence-corrected chi connectivity index (χ1v) is 9.68. The highest BCUT2D eigenvalue weighted by Crippen LogP contribution is 2.34. The summed E-state index contributed by atoms with van der Waals surface area (Å²) in [5.74, 6) is -0.576. The van der Waals surface area contributed by atoms with Crippen LogP contribution >= 0.6 is 0 Å². The normalized spacial score (nSPS) is 19.7. The number of aromatic nitrogens is 4. The van der Waals surface area contributed by atoms with Gasteiger partial charge in [0.25, 0.3) is 0 Å². The van der Waals surface area contributed by atoms with E-state index in [-0.39, 0.29) is 33.5 Å². The average Bonchev–Trinajstić information content (AvgIpc) is 3.12. The molecule has 3 aromatic heterocycles. The summed E-state index contributed by atoms with van der Waals surface area (Å²) in [6.45, 7) is 7.33. The molecule has 0 radical (unpaired) electrons. The minimum Gasteiger partial charge on any atom is -0.504 e. The number of pyridine rings is 2. The van der Waals surface area contributed by atoms with Crippen LogP contribution in [0.15, 0.2) is 24.4 Å². The summed E-state index contributed by atoms with van der Waals surface area (Å²) in [5.41, 5.74) is 0.00261. The standard InChI is InChI=1S/C20H25FN6O2.3H2/c1-11(2)20(3,29)15-10-27(8-7-22-15)19-14(28)9-13(21)17(24-19)16-12-5-4-6-23-18(12)26-25-16;;;/h4-6,9,11,15,22,28-29H,7-8,10H2,1-3H3,(H,23,25,26);3*1H/t15-,20+;;;/m0.../s1. The van der Waals surface area contributed by atoms with Crippen LogP contribution in [0.5, 0.6) is 5.75 Å². The number of piperazine rings is 1. The van der Waals surface area contributed by atoms with E-state index in [2.05, 4.69) is 25.5 Å². The Labute approximate surface area is 172 Å². The number of halogens is 1. The minimum atomic E-state index is -0.942. The van der Waals surface area contributed by atoms with Crippen LogP contribution in [0, 0.1) is 11.7 Å². The molecule has 0 spiro atoms. The van der Waals surface area contributed by atoms with Gasteiger partial charge in [-0.2, -0.15) is 5.10 Å². The summed E-state index contributed by atoms with van der Waals surface area (Å²) in [4.78, 5) is 10.5. The molecule has 9 heteroatoms. The van der Waals surface area contributed by atoms with Gasteiger partial charge in [-0.3, -0.25) is 5.10 Å². The van der Waals surface area contributed by atoms with Gasteiger partial charge in [0.05, 0.1) is 17.3 Å². The summed E-state index contributed by atoms with van der Waals surface area (Å²) in [6, 6.07) is 4.38. The third kappa shape index (κ3) is 3.40. The zero-order chi connectivity index (χ0) is 20.8. The van der Waals surface area contributed by atoms with Gasteiger partial charge in [0.2, 0.25) is 0 Å². The zero-order valence-corrected chi connectivity index (χ0v) is 16.6. The molecule has 1 fully saturated rings. The Balaban J connectivity index is 0.00000171. The minimum absolute atomic E-state index is 0. The Kier molecular flexibility index (Phi) is 4.87. The van der Waals surface area contributed by atoms with E-state index in [1.54, 1.807) is 25.3 Å². The van der Waals surface area contributed by atoms with Gasteiger partial charge in [-0.15, -0.1) is 0 Å². The molecule has 1 aliphatic heterocycles. The van der Waals surface area contributed by atoms with E-state index in [1.165, 1.54) is 0 Å². The van der Waals surface area contributed by atoms with Crippen LogP contribution in [0.3, 0.4) is 0 Å². The number of aromatic amines is 1.